The number of halogens is 1. The molecule has 1 amide bonds. The van der Waals surface area contributed by atoms with Crippen molar-refractivity contribution in [1.82, 2.24) is 14.0 Å². The Balaban J connectivity index is 1.51. The van der Waals surface area contributed by atoms with Crippen LogP contribution in [0.1, 0.15) is 54.6 Å². The number of carbonyl (C=O) groups is 1. The Hall–Kier alpha value is -1.95. The summed E-state index contributed by atoms with van der Waals surface area (Å²) in [6, 6.07) is 5.53. The molecule has 148 valence electrons. The standard InChI is InChI=1S/C22H26FN3OS/c1-3-14-6-7-17(23)15(10-14)22-12-16(22)20-18(24(2)21(28)26(20)13-22)11-19(27)25-8-4-5-9-25/h6-7,10,16H,3-5,8-9,11-13H2,1-2H3/t16-,22+/m0/s1. The first kappa shape index (κ1) is 18.1. The largest absolute Gasteiger partial charge is 0.342 e. The lowest BCUT2D eigenvalue weighted by Crippen LogP contribution is -2.30. The normalized spacial score (nSPS) is 25.1. The first-order valence-corrected chi connectivity index (χ1v) is 10.7. The van der Waals surface area contributed by atoms with Gasteiger partial charge in [-0.3, -0.25) is 4.79 Å². The summed E-state index contributed by atoms with van der Waals surface area (Å²) in [7, 11) is 1.96. The number of carbonyl (C=O) groups excluding carboxylic acids is 1. The molecule has 1 saturated heterocycles. The maximum absolute atomic E-state index is 14.8. The van der Waals surface area contributed by atoms with Crippen LogP contribution >= 0.6 is 12.2 Å². The molecule has 0 unspecified atom stereocenters. The smallest absolute Gasteiger partial charge is 0.228 e. The Morgan fingerprint density at radius 2 is 2.07 bits per heavy atom. The molecule has 4 nitrogen and oxygen atoms in total. The predicted molar refractivity (Wildman–Crippen MR) is 109 cm³/mol. The molecule has 3 aliphatic rings. The van der Waals surface area contributed by atoms with Crippen LogP contribution in [-0.2, 0) is 36.6 Å². The first-order valence-electron chi connectivity index (χ1n) is 10.3. The predicted octanol–water partition coefficient (Wildman–Crippen LogP) is 3.86. The number of fused-ring (bicyclic) bond motifs is 3. The molecule has 1 aliphatic carbocycles. The average Bonchev–Trinajstić information content (AvgIpc) is 3.03. The third-order valence-electron chi connectivity index (χ3n) is 7.11. The van der Waals surface area contributed by atoms with Crippen LogP contribution in [-0.4, -0.2) is 33.0 Å². The average molecular weight is 400 g/mol. The second-order valence-electron chi connectivity index (χ2n) is 8.60. The van der Waals surface area contributed by atoms with Gasteiger partial charge in [0.05, 0.1) is 6.42 Å². The number of hydrogen-bond acceptors (Lipinski definition) is 2. The van der Waals surface area contributed by atoms with Crippen LogP contribution in [0.25, 0.3) is 0 Å². The summed E-state index contributed by atoms with van der Waals surface area (Å²) in [5, 5.41) is 0. The molecule has 0 bridgehead atoms. The maximum Gasteiger partial charge on any atom is 0.228 e. The molecule has 0 spiro atoms. The van der Waals surface area contributed by atoms with Gasteiger partial charge in [-0.2, -0.15) is 0 Å². The van der Waals surface area contributed by atoms with Gasteiger partial charge in [-0.25, -0.2) is 4.39 Å². The maximum atomic E-state index is 14.8. The zero-order chi connectivity index (χ0) is 19.6. The number of hydrogen-bond donors (Lipinski definition) is 0. The molecule has 1 aromatic carbocycles. The highest BCUT2D eigenvalue weighted by molar-refractivity contribution is 7.71. The van der Waals surface area contributed by atoms with Gasteiger partial charge < -0.3 is 14.0 Å². The van der Waals surface area contributed by atoms with E-state index in [0.29, 0.717) is 6.42 Å². The van der Waals surface area contributed by atoms with Gasteiger partial charge in [0.15, 0.2) is 4.77 Å². The van der Waals surface area contributed by atoms with Crippen LogP contribution in [0.5, 0.6) is 0 Å². The second kappa shape index (κ2) is 6.28. The van der Waals surface area contributed by atoms with Crippen molar-refractivity contribution in [2.45, 2.75) is 56.9 Å². The van der Waals surface area contributed by atoms with E-state index in [1.54, 1.807) is 6.07 Å². The minimum absolute atomic E-state index is 0.115. The van der Waals surface area contributed by atoms with Crippen molar-refractivity contribution >= 4 is 18.1 Å². The summed E-state index contributed by atoms with van der Waals surface area (Å²) in [5.74, 6) is 0.336. The minimum Gasteiger partial charge on any atom is -0.342 e. The van der Waals surface area contributed by atoms with Crippen molar-refractivity contribution in [2.75, 3.05) is 13.1 Å². The van der Waals surface area contributed by atoms with Crippen LogP contribution in [0.2, 0.25) is 0 Å². The second-order valence-corrected chi connectivity index (χ2v) is 8.97. The van der Waals surface area contributed by atoms with Crippen molar-refractivity contribution in [3.8, 4) is 0 Å². The van der Waals surface area contributed by atoms with Gasteiger partial charge >= 0.3 is 0 Å². The number of aryl methyl sites for hydroxylation is 1. The highest BCUT2D eigenvalue weighted by Gasteiger charge is 2.63. The lowest BCUT2D eigenvalue weighted by molar-refractivity contribution is -0.129. The molecular formula is C22H26FN3OS. The van der Waals surface area contributed by atoms with Gasteiger partial charge in [0, 0.05) is 49.4 Å². The van der Waals surface area contributed by atoms with Crippen molar-refractivity contribution in [3.63, 3.8) is 0 Å². The van der Waals surface area contributed by atoms with E-state index in [2.05, 4.69) is 11.5 Å². The molecule has 2 aromatic rings. The minimum atomic E-state index is -0.183. The highest BCUT2D eigenvalue weighted by Crippen LogP contribution is 2.66. The molecule has 1 saturated carbocycles. The summed E-state index contributed by atoms with van der Waals surface area (Å²) in [4.78, 5) is 14.8. The zero-order valence-electron chi connectivity index (χ0n) is 16.5. The summed E-state index contributed by atoms with van der Waals surface area (Å²) >= 11 is 5.69. The SMILES string of the molecule is CCc1ccc(F)c([C@]23C[C@H]2c2c(CC(=O)N4CCCC4)n(C)c(=S)n2C3)c1. The number of aromatic nitrogens is 2. The lowest BCUT2D eigenvalue weighted by atomic mass is 9.91. The summed E-state index contributed by atoms with van der Waals surface area (Å²) in [6.45, 7) is 4.55. The fourth-order valence-corrected chi connectivity index (χ4v) is 5.65. The number of amides is 1. The quantitative estimate of drug-likeness (QED) is 0.731. The molecule has 6 heteroatoms. The molecule has 2 fully saturated rings. The summed E-state index contributed by atoms with van der Waals surface area (Å²) in [6.07, 6.45) is 4.43. The zero-order valence-corrected chi connectivity index (χ0v) is 17.3. The van der Waals surface area contributed by atoms with E-state index in [4.69, 9.17) is 12.2 Å². The van der Waals surface area contributed by atoms with Gasteiger partial charge in [-0.1, -0.05) is 19.1 Å². The number of imidazole rings is 1. The Morgan fingerprint density at radius 3 is 2.79 bits per heavy atom. The summed E-state index contributed by atoms with van der Waals surface area (Å²) in [5.41, 5.74) is 4.01. The van der Waals surface area contributed by atoms with E-state index in [1.165, 1.54) is 11.3 Å². The number of rotatable bonds is 4. The van der Waals surface area contributed by atoms with Gasteiger partial charge in [-0.05, 0) is 55.1 Å². The Morgan fingerprint density at radius 1 is 1.32 bits per heavy atom. The first-order chi connectivity index (χ1) is 13.5. The Labute approximate surface area is 170 Å². The number of nitrogens with zero attached hydrogens (tertiary/aromatic N) is 3. The van der Waals surface area contributed by atoms with E-state index in [1.807, 2.05) is 28.6 Å². The fourth-order valence-electron chi connectivity index (χ4n) is 5.38. The third-order valence-corrected chi connectivity index (χ3v) is 7.60. The Bertz CT molecular complexity index is 1030. The monoisotopic (exact) mass is 399 g/mol. The van der Waals surface area contributed by atoms with Gasteiger partial charge in [0.1, 0.15) is 5.82 Å². The lowest BCUT2D eigenvalue weighted by Gasteiger charge is -2.16. The van der Waals surface area contributed by atoms with E-state index < -0.39 is 0 Å². The van der Waals surface area contributed by atoms with Gasteiger partial charge in [0.2, 0.25) is 5.91 Å². The Kier molecular flexibility index (Phi) is 4.06. The van der Waals surface area contributed by atoms with E-state index in [-0.39, 0.29) is 23.1 Å². The molecule has 1 aromatic heterocycles. The molecule has 5 rings (SSSR count). The van der Waals surface area contributed by atoms with Crippen LogP contribution in [0.3, 0.4) is 0 Å². The molecule has 28 heavy (non-hydrogen) atoms. The van der Waals surface area contributed by atoms with Crippen molar-refractivity contribution in [1.29, 1.82) is 0 Å². The van der Waals surface area contributed by atoms with E-state index in [9.17, 15) is 9.18 Å². The van der Waals surface area contributed by atoms with Crippen LogP contribution in [0.4, 0.5) is 4.39 Å². The third kappa shape index (κ3) is 2.46. The van der Waals surface area contributed by atoms with E-state index in [0.717, 1.165) is 61.3 Å². The highest BCUT2D eigenvalue weighted by atomic mass is 32.1. The molecule has 2 atom stereocenters. The number of likely N-dealkylation sites (tertiary alicyclic amines) is 1. The molecule has 2 aliphatic heterocycles. The van der Waals surface area contributed by atoms with Crippen LogP contribution < -0.4 is 0 Å². The topological polar surface area (TPSA) is 30.2 Å². The van der Waals surface area contributed by atoms with Crippen molar-refractivity contribution in [2.24, 2.45) is 7.05 Å². The molecule has 0 radical (unpaired) electrons. The number of benzene rings is 1. The van der Waals surface area contributed by atoms with Crippen LogP contribution in [0, 0.1) is 10.6 Å². The molecular weight excluding hydrogens is 373 g/mol. The van der Waals surface area contributed by atoms with Crippen molar-refractivity contribution in [3.05, 3.63) is 51.3 Å². The fraction of sp³-hybridized carbons (Fsp3) is 0.545. The van der Waals surface area contributed by atoms with Crippen molar-refractivity contribution < 1.29 is 9.18 Å². The summed E-state index contributed by atoms with van der Waals surface area (Å²) < 4.78 is 19.7. The van der Waals surface area contributed by atoms with Gasteiger partial charge in [-0.15, -0.1) is 0 Å². The molecule has 0 N–H and O–H groups in total. The van der Waals surface area contributed by atoms with E-state index >= 15 is 0 Å². The molecule has 3 heterocycles. The van der Waals surface area contributed by atoms with Crippen LogP contribution in [0.15, 0.2) is 18.2 Å². The van der Waals surface area contributed by atoms with Gasteiger partial charge in [0.25, 0.3) is 0 Å².